The molecule has 3 nitrogen and oxygen atoms in total. The van der Waals surface area contributed by atoms with Crippen molar-refractivity contribution in [2.45, 2.75) is 70.9 Å². The third-order valence-corrected chi connectivity index (χ3v) is 6.87. The summed E-state index contributed by atoms with van der Waals surface area (Å²) in [5, 5.41) is 0. The van der Waals surface area contributed by atoms with E-state index in [1.54, 1.807) is 0 Å². The van der Waals surface area contributed by atoms with Crippen LogP contribution in [0, 0.1) is 0 Å². The lowest BCUT2D eigenvalue weighted by Crippen LogP contribution is -2.54. The summed E-state index contributed by atoms with van der Waals surface area (Å²) < 4.78 is 6.04. The van der Waals surface area contributed by atoms with Crippen molar-refractivity contribution in [1.29, 1.82) is 0 Å². The van der Waals surface area contributed by atoms with Gasteiger partial charge in [0.1, 0.15) is 0 Å². The van der Waals surface area contributed by atoms with Gasteiger partial charge in [-0.3, -0.25) is 9.80 Å². The number of benzene rings is 2. The molecule has 2 atom stereocenters. The first kappa shape index (κ1) is 20.6. The molecule has 0 aromatic heterocycles. The van der Waals surface area contributed by atoms with Gasteiger partial charge in [-0.25, -0.2) is 0 Å². The minimum absolute atomic E-state index is 0.480. The Hall–Kier alpha value is -1.68. The van der Waals surface area contributed by atoms with Gasteiger partial charge in [0.15, 0.2) is 0 Å². The minimum Gasteiger partial charge on any atom is -0.374 e. The molecule has 4 rings (SSSR count). The molecule has 2 fully saturated rings. The van der Waals surface area contributed by atoms with E-state index in [9.17, 15) is 0 Å². The van der Waals surface area contributed by atoms with Gasteiger partial charge < -0.3 is 4.74 Å². The summed E-state index contributed by atoms with van der Waals surface area (Å²) in [6, 6.07) is 19.2. The fourth-order valence-corrected chi connectivity index (χ4v) is 4.77. The molecule has 29 heavy (non-hydrogen) atoms. The molecule has 0 spiro atoms. The summed E-state index contributed by atoms with van der Waals surface area (Å²) in [7, 11) is 2.24. The normalized spacial score (nSPS) is 24.2. The lowest BCUT2D eigenvalue weighted by molar-refractivity contribution is 0.0457. The van der Waals surface area contributed by atoms with Crippen molar-refractivity contribution < 1.29 is 4.74 Å². The minimum atomic E-state index is 0.480. The van der Waals surface area contributed by atoms with Gasteiger partial charge in [-0.1, -0.05) is 61.4 Å². The Balaban J connectivity index is 1.32. The first-order valence-corrected chi connectivity index (χ1v) is 11.3. The lowest BCUT2D eigenvalue weighted by atomic mass is 10.0. The topological polar surface area (TPSA) is 15.7 Å². The Bertz CT molecular complexity index is 752. The number of piperazine rings is 1. The van der Waals surface area contributed by atoms with E-state index in [-0.39, 0.29) is 0 Å². The van der Waals surface area contributed by atoms with Crippen molar-refractivity contribution in [3.05, 3.63) is 59.7 Å². The largest absolute Gasteiger partial charge is 0.374 e. The molecule has 3 heteroatoms. The molecule has 2 unspecified atom stereocenters. The second-order valence-corrected chi connectivity index (χ2v) is 9.17. The Kier molecular flexibility index (Phi) is 6.69. The molecule has 1 saturated heterocycles. The molecular weight excluding hydrogens is 356 g/mol. The molecule has 0 radical (unpaired) electrons. The molecule has 0 amide bonds. The van der Waals surface area contributed by atoms with Crippen LogP contribution in [0.25, 0.3) is 11.1 Å². The van der Waals surface area contributed by atoms with Crippen molar-refractivity contribution >= 4 is 0 Å². The van der Waals surface area contributed by atoms with E-state index in [0.717, 1.165) is 26.2 Å². The quantitative estimate of drug-likeness (QED) is 0.660. The zero-order valence-electron chi connectivity index (χ0n) is 18.3. The second-order valence-electron chi connectivity index (χ2n) is 9.17. The summed E-state index contributed by atoms with van der Waals surface area (Å²) in [6.07, 6.45) is 5.60. The summed E-state index contributed by atoms with van der Waals surface area (Å²) in [4.78, 5) is 5.07. The van der Waals surface area contributed by atoms with Gasteiger partial charge in [-0.05, 0) is 56.0 Å². The van der Waals surface area contributed by atoms with Crippen LogP contribution in [0.4, 0.5) is 0 Å². The van der Waals surface area contributed by atoms with Crippen molar-refractivity contribution in [2.24, 2.45) is 0 Å². The molecule has 0 bridgehead atoms. The number of likely N-dealkylation sites (N-methyl/N-ethyl adjacent to an activating group) is 1. The molecule has 2 aliphatic rings. The highest BCUT2D eigenvalue weighted by molar-refractivity contribution is 5.63. The zero-order valence-corrected chi connectivity index (χ0v) is 18.3. The van der Waals surface area contributed by atoms with Crippen molar-refractivity contribution in [2.75, 3.05) is 20.1 Å². The van der Waals surface area contributed by atoms with Crippen LogP contribution in [0.2, 0.25) is 0 Å². The monoisotopic (exact) mass is 392 g/mol. The van der Waals surface area contributed by atoms with Crippen LogP contribution in [-0.4, -0.2) is 48.1 Å². The first-order valence-electron chi connectivity index (χ1n) is 11.3. The van der Waals surface area contributed by atoms with E-state index in [2.05, 4.69) is 79.2 Å². The van der Waals surface area contributed by atoms with Gasteiger partial charge >= 0.3 is 0 Å². The maximum atomic E-state index is 6.04. The maximum Gasteiger partial charge on any atom is 0.0720 e. The van der Waals surface area contributed by atoms with E-state index in [4.69, 9.17) is 4.74 Å². The van der Waals surface area contributed by atoms with Gasteiger partial charge in [-0.2, -0.15) is 0 Å². The van der Waals surface area contributed by atoms with Gasteiger partial charge in [-0.15, -0.1) is 0 Å². The van der Waals surface area contributed by atoms with E-state index in [1.807, 2.05) is 0 Å². The van der Waals surface area contributed by atoms with E-state index in [0.29, 0.717) is 18.2 Å². The summed E-state index contributed by atoms with van der Waals surface area (Å²) in [5.74, 6) is 0. The van der Waals surface area contributed by atoms with Crippen LogP contribution in [-0.2, 0) is 17.9 Å². The third kappa shape index (κ3) is 5.28. The Morgan fingerprint density at radius 3 is 1.86 bits per heavy atom. The molecule has 1 saturated carbocycles. The average molecular weight is 393 g/mol. The molecule has 1 aliphatic carbocycles. The fraction of sp³-hybridized carbons (Fsp3) is 0.538. The summed E-state index contributed by atoms with van der Waals surface area (Å²) in [5.41, 5.74) is 5.25. The van der Waals surface area contributed by atoms with E-state index in [1.165, 1.54) is 47.9 Å². The van der Waals surface area contributed by atoms with Crippen LogP contribution in [0.3, 0.4) is 0 Å². The van der Waals surface area contributed by atoms with Gasteiger partial charge in [0.2, 0.25) is 0 Å². The van der Waals surface area contributed by atoms with Gasteiger partial charge in [0.25, 0.3) is 0 Å². The van der Waals surface area contributed by atoms with E-state index < -0.39 is 0 Å². The molecular formula is C26H36N2O. The maximum absolute atomic E-state index is 6.04. The van der Waals surface area contributed by atoms with Gasteiger partial charge in [0.05, 0.1) is 12.7 Å². The van der Waals surface area contributed by atoms with Crippen LogP contribution in [0.5, 0.6) is 0 Å². The zero-order chi connectivity index (χ0) is 20.2. The number of hydrogen-bond donors (Lipinski definition) is 0. The van der Waals surface area contributed by atoms with Crippen molar-refractivity contribution in [1.82, 2.24) is 9.80 Å². The highest BCUT2D eigenvalue weighted by Gasteiger charge is 2.26. The molecule has 0 N–H and O–H groups in total. The van der Waals surface area contributed by atoms with Crippen LogP contribution >= 0.6 is 0 Å². The number of nitrogens with zero attached hydrogens (tertiary/aromatic N) is 2. The Morgan fingerprint density at radius 2 is 1.31 bits per heavy atom. The summed E-state index contributed by atoms with van der Waals surface area (Å²) >= 11 is 0. The van der Waals surface area contributed by atoms with Crippen molar-refractivity contribution in [3.63, 3.8) is 0 Å². The summed E-state index contributed by atoms with van der Waals surface area (Å²) in [6.45, 7) is 8.73. The number of ether oxygens (including phenoxy) is 1. The standard InChI is InChI=1S/C26H36N2O/c1-20-16-28(17-21(2)27(20)3)18-22-8-12-24(13-9-22)25-14-10-23(11-15-25)19-29-26-6-4-5-7-26/h8-15,20-21,26H,4-7,16-19H2,1-3H3. The molecule has 2 aromatic carbocycles. The number of hydrogen-bond acceptors (Lipinski definition) is 3. The molecule has 2 aromatic rings. The Labute approximate surface area is 176 Å². The predicted molar refractivity (Wildman–Crippen MR) is 121 cm³/mol. The third-order valence-electron chi connectivity index (χ3n) is 6.87. The molecule has 1 heterocycles. The van der Waals surface area contributed by atoms with Crippen molar-refractivity contribution in [3.8, 4) is 11.1 Å². The Morgan fingerprint density at radius 1 is 0.793 bits per heavy atom. The first-order chi connectivity index (χ1) is 14.1. The van der Waals surface area contributed by atoms with Crippen LogP contribution < -0.4 is 0 Å². The lowest BCUT2D eigenvalue weighted by Gasteiger charge is -2.42. The fourth-order valence-electron chi connectivity index (χ4n) is 4.77. The highest BCUT2D eigenvalue weighted by atomic mass is 16.5. The van der Waals surface area contributed by atoms with Gasteiger partial charge in [0, 0.05) is 31.7 Å². The average Bonchev–Trinajstić information content (AvgIpc) is 3.25. The SMILES string of the molecule is CC1CN(Cc2ccc(-c3ccc(COC4CCCC4)cc3)cc2)CC(C)N1C. The predicted octanol–water partition coefficient (Wildman–Crippen LogP) is 5.34. The highest BCUT2D eigenvalue weighted by Crippen LogP contribution is 2.24. The second kappa shape index (κ2) is 9.42. The molecule has 1 aliphatic heterocycles. The number of rotatable bonds is 6. The smallest absolute Gasteiger partial charge is 0.0720 e. The van der Waals surface area contributed by atoms with E-state index >= 15 is 0 Å². The van der Waals surface area contributed by atoms with Crippen LogP contribution in [0.15, 0.2) is 48.5 Å². The van der Waals surface area contributed by atoms with Crippen LogP contribution in [0.1, 0.15) is 50.7 Å². The molecule has 156 valence electrons.